The minimum Gasteiger partial charge on any atom is -0.324 e. The Morgan fingerprint density at radius 1 is 1.14 bits per heavy atom. The van der Waals surface area contributed by atoms with E-state index >= 15 is 0 Å². The van der Waals surface area contributed by atoms with Gasteiger partial charge in [-0.3, -0.25) is 0 Å². The fraction of sp³-hybridized carbons (Fsp3) is 0.533. The van der Waals surface area contributed by atoms with Crippen LogP contribution in [0.4, 0.5) is 4.79 Å². The number of benzene rings is 1. The molecule has 0 aromatic heterocycles. The fourth-order valence-corrected chi connectivity index (χ4v) is 3.24. The number of amides is 2. The zero-order chi connectivity index (χ0) is 15.7. The molecule has 0 unspecified atom stereocenters. The van der Waals surface area contributed by atoms with E-state index in [1.54, 1.807) is 17.0 Å². The van der Waals surface area contributed by atoms with Gasteiger partial charge in [0.15, 0.2) is 0 Å². The van der Waals surface area contributed by atoms with Crippen molar-refractivity contribution in [2.45, 2.75) is 38.5 Å². The molecule has 1 aromatic rings. The predicted molar refractivity (Wildman–Crippen MR) is 81.5 cm³/mol. The summed E-state index contributed by atoms with van der Waals surface area (Å²) in [5, 5.41) is 0. The van der Waals surface area contributed by atoms with Crippen LogP contribution in [0.5, 0.6) is 0 Å². The highest BCUT2D eigenvalue weighted by molar-refractivity contribution is 7.90. The minimum atomic E-state index is -3.80. The number of urea groups is 1. The van der Waals surface area contributed by atoms with Gasteiger partial charge in [-0.1, -0.05) is 31.5 Å². The minimum absolute atomic E-state index is 0.110. The van der Waals surface area contributed by atoms with Gasteiger partial charge in [0.1, 0.15) is 0 Å². The molecule has 1 aromatic carbocycles. The first-order valence-electron chi connectivity index (χ1n) is 7.08. The van der Waals surface area contributed by atoms with Gasteiger partial charge in [-0.05, 0) is 37.3 Å². The number of nitrogens with zero attached hydrogens (tertiary/aromatic N) is 1. The molecule has 1 aliphatic heterocycles. The van der Waals surface area contributed by atoms with E-state index in [0.717, 1.165) is 18.4 Å². The van der Waals surface area contributed by atoms with Crippen molar-refractivity contribution in [3.8, 4) is 0 Å². The Balaban J connectivity index is 2.04. The number of carbonyl (C=O) groups excluding carboxylic acids is 1. The van der Waals surface area contributed by atoms with Gasteiger partial charge in [-0.15, -0.1) is 0 Å². The number of carbonyl (C=O) groups is 1. The van der Waals surface area contributed by atoms with Gasteiger partial charge in [0.05, 0.1) is 4.90 Å². The number of likely N-dealkylation sites (tertiary alicyclic amines) is 1. The van der Waals surface area contributed by atoms with Crippen LogP contribution in [0.15, 0.2) is 29.2 Å². The molecular weight excluding hydrogens is 288 g/mol. The number of aryl methyl sites for hydroxylation is 1. The lowest BCUT2D eigenvalue weighted by atomic mass is 9.83. The van der Waals surface area contributed by atoms with E-state index in [1.165, 1.54) is 12.1 Å². The first-order chi connectivity index (χ1) is 9.70. The summed E-state index contributed by atoms with van der Waals surface area (Å²) in [5.74, 6) is 0. The highest BCUT2D eigenvalue weighted by Gasteiger charge is 2.29. The van der Waals surface area contributed by atoms with Crippen molar-refractivity contribution >= 4 is 16.1 Å². The molecule has 0 aliphatic carbocycles. The molecule has 0 bridgehead atoms. The summed E-state index contributed by atoms with van der Waals surface area (Å²) >= 11 is 0. The van der Waals surface area contributed by atoms with Crippen LogP contribution in [0.3, 0.4) is 0 Å². The van der Waals surface area contributed by atoms with Gasteiger partial charge in [0.25, 0.3) is 10.0 Å². The van der Waals surface area contributed by atoms with Gasteiger partial charge in [-0.2, -0.15) is 0 Å². The molecule has 1 aliphatic rings. The number of hydrogen-bond acceptors (Lipinski definition) is 3. The van der Waals surface area contributed by atoms with E-state index in [0.29, 0.717) is 13.1 Å². The van der Waals surface area contributed by atoms with Crippen LogP contribution in [-0.2, 0) is 10.0 Å². The molecular formula is C15H22N2O3S. The van der Waals surface area contributed by atoms with Gasteiger partial charge < -0.3 is 4.90 Å². The van der Waals surface area contributed by atoms with Gasteiger partial charge >= 0.3 is 6.03 Å². The molecule has 5 nitrogen and oxygen atoms in total. The summed E-state index contributed by atoms with van der Waals surface area (Å²) < 4.78 is 26.5. The lowest BCUT2D eigenvalue weighted by Gasteiger charge is -2.36. The second-order valence-corrected chi connectivity index (χ2v) is 8.06. The number of hydrogen-bond donors (Lipinski definition) is 1. The molecule has 0 radical (unpaired) electrons. The molecule has 1 fully saturated rings. The SMILES string of the molecule is Cc1ccc(S(=O)(=O)NC(=O)N2CCC(C)(C)CC2)cc1. The molecule has 6 heteroatoms. The summed E-state index contributed by atoms with van der Waals surface area (Å²) in [7, 11) is -3.80. The Kier molecular flexibility index (Phi) is 4.27. The lowest BCUT2D eigenvalue weighted by Crippen LogP contribution is -2.47. The Labute approximate surface area is 126 Å². The van der Waals surface area contributed by atoms with E-state index in [-0.39, 0.29) is 10.3 Å². The van der Waals surface area contributed by atoms with Crippen LogP contribution in [0, 0.1) is 12.3 Å². The Bertz CT molecular complexity index is 611. The second-order valence-electron chi connectivity index (χ2n) is 6.37. The Morgan fingerprint density at radius 2 is 1.67 bits per heavy atom. The normalized spacial score (nSPS) is 18.3. The first kappa shape index (κ1) is 15.8. The van der Waals surface area contributed by atoms with E-state index in [4.69, 9.17) is 0 Å². The van der Waals surface area contributed by atoms with Crippen LogP contribution >= 0.6 is 0 Å². The molecule has 21 heavy (non-hydrogen) atoms. The van der Waals surface area contributed by atoms with E-state index in [2.05, 4.69) is 18.6 Å². The van der Waals surface area contributed by atoms with Gasteiger partial charge in [0, 0.05) is 13.1 Å². The van der Waals surface area contributed by atoms with Crippen LogP contribution in [0.2, 0.25) is 0 Å². The predicted octanol–water partition coefficient (Wildman–Crippen LogP) is 2.52. The third-order valence-electron chi connectivity index (χ3n) is 3.96. The molecule has 0 atom stereocenters. The number of rotatable bonds is 2. The van der Waals surface area contributed by atoms with E-state index in [9.17, 15) is 13.2 Å². The van der Waals surface area contributed by atoms with E-state index < -0.39 is 16.1 Å². The van der Waals surface area contributed by atoms with Crippen molar-refractivity contribution in [3.05, 3.63) is 29.8 Å². The lowest BCUT2D eigenvalue weighted by molar-refractivity contribution is 0.144. The molecule has 2 rings (SSSR count). The van der Waals surface area contributed by atoms with Crippen molar-refractivity contribution in [3.63, 3.8) is 0 Å². The van der Waals surface area contributed by atoms with Crippen molar-refractivity contribution in [2.75, 3.05) is 13.1 Å². The van der Waals surface area contributed by atoms with Crippen molar-refractivity contribution < 1.29 is 13.2 Å². The number of sulfonamides is 1. The zero-order valence-electron chi connectivity index (χ0n) is 12.7. The van der Waals surface area contributed by atoms with Crippen molar-refractivity contribution in [2.24, 2.45) is 5.41 Å². The molecule has 1 heterocycles. The summed E-state index contributed by atoms with van der Waals surface area (Å²) in [6.07, 6.45) is 1.76. The first-order valence-corrected chi connectivity index (χ1v) is 8.56. The van der Waals surface area contributed by atoms with Crippen LogP contribution < -0.4 is 4.72 Å². The zero-order valence-corrected chi connectivity index (χ0v) is 13.5. The number of nitrogens with one attached hydrogen (secondary N) is 1. The standard InChI is InChI=1S/C15H22N2O3S/c1-12-4-6-13(7-5-12)21(19,20)16-14(18)17-10-8-15(2,3)9-11-17/h4-7H,8-11H2,1-3H3,(H,16,18). The van der Waals surface area contributed by atoms with E-state index in [1.807, 2.05) is 6.92 Å². The van der Waals surface area contributed by atoms with Crippen molar-refractivity contribution in [1.82, 2.24) is 9.62 Å². The van der Waals surface area contributed by atoms with Crippen LogP contribution in [-0.4, -0.2) is 32.4 Å². The molecule has 1 N–H and O–H groups in total. The van der Waals surface area contributed by atoms with Gasteiger partial charge in [0.2, 0.25) is 0 Å². The van der Waals surface area contributed by atoms with Gasteiger partial charge in [-0.25, -0.2) is 17.9 Å². The molecule has 0 spiro atoms. The average molecular weight is 310 g/mol. The van der Waals surface area contributed by atoms with Crippen LogP contribution in [0.1, 0.15) is 32.3 Å². The highest BCUT2D eigenvalue weighted by atomic mass is 32.2. The molecule has 116 valence electrons. The molecule has 2 amide bonds. The number of piperidine rings is 1. The molecule has 0 saturated carbocycles. The third-order valence-corrected chi connectivity index (χ3v) is 5.29. The topological polar surface area (TPSA) is 66.5 Å². The summed E-state index contributed by atoms with van der Waals surface area (Å²) in [5.41, 5.74) is 1.19. The maximum atomic E-state index is 12.2. The highest BCUT2D eigenvalue weighted by Crippen LogP contribution is 2.29. The maximum Gasteiger partial charge on any atom is 0.331 e. The quantitative estimate of drug-likeness (QED) is 0.912. The Hall–Kier alpha value is -1.56. The smallest absolute Gasteiger partial charge is 0.324 e. The largest absolute Gasteiger partial charge is 0.331 e. The summed E-state index contributed by atoms with van der Waals surface area (Å²) in [6.45, 7) is 7.37. The maximum absolute atomic E-state index is 12.2. The summed E-state index contributed by atoms with van der Waals surface area (Å²) in [6, 6.07) is 5.89. The Morgan fingerprint density at radius 3 is 2.19 bits per heavy atom. The summed E-state index contributed by atoms with van der Waals surface area (Å²) in [4.78, 5) is 13.8. The second kappa shape index (κ2) is 5.67. The average Bonchev–Trinajstić information content (AvgIpc) is 2.38. The third kappa shape index (κ3) is 3.97. The fourth-order valence-electron chi connectivity index (χ4n) is 2.27. The van der Waals surface area contributed by atoms with Crippen LogP contribution in [0.25, 0.3) is 0 Å². The monoisotopic (exact) mass is 310 g/mol. The molecule has 1 saturated heterocycles. The van der Waals surface area contributed by atoms with Crippen molar-refractivity contribution in [1.29, 1.82) is 0 Å².